The maximum atomic E-state index is 13.4. The summed E-state index contributed by atoms with van der Waals surface area (Å²) in [6.45, 7) is 5.20. The minimum atomic E-state index is -0.281. The highest BCUT2D eigenvalue weighted by Gasteiger charge is 2.14. The molecule has 112 valence electrons. The summed E-state index contributed by atoms with van der Waals surface area (Å²) < 4.78 is 13.4. The van der Waals surface area contributed by atoms with Crippen molar-refractivity contribution >= 4 is 5.91 Å². The highest BCUT2D eigenvalue weighted by Crippen LogP contribution is 2.20. The maximum absolute atomic E-state index is 13.4. The summed E-state index contributed by atoms with van der Waals surface area (Å²) >= 11 is 0. The molecule has 0 fully saturated rings. The fraction of sp³-hybridized carbons (Fsp3) is 0.562. The van der Waals surface area contributed by atoms with Crippen LogP contribution in [-0.2, 0) is 11.3 Å². The molecule has 1 unspecified atom stereocenters. The van der Waals surface area contributed by atoms with Gasteiger partial charge >= 0.3 is 0 Å². The summed E-state index contributed by atoms with van der Waals surface area (Å²) in [6, 6.07) is 6.49. The molecule has 1 atom stereocenters. The number of hydrogen-bond donors (Lipinski definition) is 2. The molecule has 0 saturated heterocycles. The van der Waals surface area contributed by atoms with E-state index in [9.17, 15) is 9.18 Å². The Morgan fingerprint density at radius 3 is 2.60 bits per heavy atom. The van der Waals surface area contributed by atoms with Crippen LogP contribution in [0.5, 0.6) is 0 Å². The minimum absolute atomic E-state index is 0.0316. The lowest BCUT2D eigenvalue weighted by molar-refractivity contribution is -0.121. The van der Waals surface area contributed by atoms with Gasteiger partial charge in [0, 0.05) is 18.5 Å². The van der Waals surface area contributed by atoms with Crippen molar-refractivity contribution in [1.82, 2.24) is 5.32 Å². The average molecular weight is 280 g/mol. The zero-order valence-corrected chi connectivity index (χ0v) is 12.4. The lowest BCUT2D eigenvalue weighted by Gasteiger charge is -2.19. The summed E-state index contributed by atoms with van der Waals surface area (Å²) in [5, 5.41) is 2.77. The van der Waals surface area contributed by atoms with Gasteiger partial charge in [0.2, 0.25) is 5.91 Å². The van der Waals surface area contributed by atoms with E-state index in [0.29, 0.717) is 30.4 Å². The third-order valence-corrected chi connectivity index (χ3v) is 3.66. The molecule has 0 spiro atoms. The molecule has 1 aromatic carbocycles. The van der Waals surface area contributed by atoms with Gasteiger partial charge in [-0.3, -0.25) is 4.79 Å². The van der Waals surface area contributed by atoms with Crippen molar-refractivity contribution in [3.63, 3.8) is 0 Å². The second-order valence-corrected chi connectivity index (χ2v) is 5.49. The van der Waals surface area contributed by atoms with E-state index < -0.39 is 0 Å². The predicted molar refractivity (Wildman–Crippen MR) is 79.5 cm³/mol. The molecule has 0 aliphatic carbocycles. The van der Waals surface area contributed by atoms with Crippen molar-refractivity contribution in [3.05, 3.63) is 35.6 Å². The minimum Gasteiger partial charge on any atom is -0.352 e. The van der Waals surface area contributed by atoms with Crippen molar-refractivity contribution < 1.29 is 9.18 Å². The van der Waals surface area contributed by atoms with E-state index in [1.807, 2.05) is 0 Å². The van der Waals surface area contributed by atoms with Crippen LogP contribution < -0.4 is 11.1 Å². The number of carbonyl (C=O) groups is 1. The molecule has 0 heterocycles. The van der Waals surface area contributed by atoms with Gasteiger partial charge in [0.05, 0.1) is 0 Å². The van der Waals surface area contributed by atoms with Gasteiger partial charge in [-0.15, -0.1) is 0 Å². The van der Waals surface area contributed by atoms with Crippen molar-refractivity contribution in [3.8, 4) is 0 Å². The van der Waals surface area contributed by atoms with E-state index in [0.717, 1.165) is 12.8 Å². The second kappa shape index (κ2) is 8.69. The van der Waals surface area contributed by atoms with E-state index in [2.05, 4.69) is 19.2 Å². The molecule has 0 aliphatic rings. The lowest BCUT2D eigenvalue weighted by atomic mass is 9.88. The number of carbonyl (C=O) groups excluding carboxylic acids is 1. The van der Waals surface area contributed by atoms with Crippen LogP contribution in [0.25, 0.3) is 0 Å². The van der Waals surface area contributed by atoms with Crippen molar-refractivity contribution in [1.29, 1.82) is 0 Å². The number of nitrogens with one attached hydrogen (secondary N) is 1. The first kappa shape index (κ1) is 16.6. The molecule has 0 saturated carbocycles. The van der Waals surface area contributed by atoms with Crippen LogP contribution in [0.3, 0.4) is 0 Å². The molecule has 0 aliphatic heterocycles. The van der Waals surface area contributed by atoms with Gasteiger partial charge in [0.1, 0.15) is 5.82 Å². The zero-order valence-electron chi connectivity index (χ0n) is 12.4. The number of rotatable bonds is 8. The Balaban J connectivity index is 2.35. The quantitative estimate of drug-likeness (QED) is 0.769. The molecule has 1 amide bonds. The molecule has 0 bridgehead atoms. The SMILES string of the molecule is CC(C)C(CCN)CCC(=O)NCc1ccccc1F. The van der Waals surface area contributed by atoms with Gasteiger partial charge in [-0.25, -0.2) is 4.39 Å². The van der Waals surface area contributed by atoms with Crippen LogP contribution in [0.15, 0.2) is 24.3 Å². The van der Waals surface area contributed by atoms with Crippen LogP contribution >= 0.6 is 0 Å². The fourth-order valence-corrected chi connectivity index (χ4v) is 2.27. The van der Waals surface area contributed by atoms with Gasteiger partial charge in [-0.2, -0.15) is 0 Å². The van der Waals surface area contributed by atoms with Gasteiger partial charge in [0.25, 0.3) is 0 Å². The number of benzene rings is 1. The molecule has 0 aromatic heterocycles. The molecular weight excluding hydrogens is 255 g/mol. The van der Waals surface area contributed by atoms with Gasteiger partial charge in [-0.05, 0) is 37.3 Å². The summed E-state index contributed by atoms with van der Waals surface area (Å²) in [6.07, 6.45) is 2.24. The summed E-state index contributed by atoms with van der Waals surface area (Å²) in [5.74, 6) is 0.684. The Labute approximate surface area is 120 Å². The first-order valence-corrected chi connectivity index (χ1v) is 7.24. The van der Waals surface area contributed by atoms with Crippen molar-refractivity contribution in [2.75, 3.05) is 6.54 Å². The van der Waals surface area contributed by atoms with Crippen LogP contribution in [0.4, 0.5) is 4.39 Å². The smallest absolute Gasteiger partial charge is 0.220 e. The summed E-state index contributed by atoms with van der Waals surface area (Å²) in [7, 11) is 0. The maximum Gasteiger partial charge on any atom is 0.220 e. The van der Waals surface area contributed by atoms with Crippen molar-refractivity contribution in [2.45, 2.75) is 39.7 Å². The molecule has 0 radical (unpaired) electrons. The van der Waals surface area contributed by atoms with E-state index >= 15 is 0 Å². The first-order chi connectivity index (χ1) is 9.54. The van der Waals surface area contributed by atoms with Crippen molar-refractivity contribution in [2.24, 2.45) is 17.6 Å². The van der Waals surface area contributed by atoms with Crippen LogP contribution in [0.2, 0.25) is 0 Å². The molecular formula is C16H25FN2O. The Kier molecular flexibility index (Phi) is 7.23. The van der Waals surface area contributed by atoms with Gasteiger partial charge in [0.15, 0.2) is 0 Å². The number of halogens is 1. The van der Waals surface area contributed by atoms with Crippen LogP contribution in [0, 0.1) is 17.7 Å². The molecule has 1 rings (SSSR count). The van der Waals surface area contributed by atoms with Crippen LogP contribution in [-0.4, -0.2) is 12.5 Å². The van der Waals surface area contributed by atoms with E-state index in [4.69, 9.17) is 5.73 Å². The average Bonchev–Trinajstić information content (AvgIpc) is 2.42. The monoisotopic (exact) mass is 280 g/mol. The van der Waals surface area contributed by atoms with E-state index in [1.54, 1.807) is 18.2 Å². The lowest BCUT2D eigenvalue weighted by Crippen LogP contribution is -2.25. The van der Waals surface area contributed by atoms with Crippen LogP contribution in [0.1, 0.15) is 38.7 Å². The molecule has 20 heavy (non-hydrogen) atoms. The summed E-state index contributed by atoms with van der Waals surface area (Å²) in [4.78, 5) is 11.8. The third-order valence-electron chi connectivity index (χ3n) is 3.66. The molecule has 3 nitrogen and oxygen atoms in total. The normalized spacial score (nSPS) is 12.4. The van der Waals surface area contributed by atoms with E-state index in [-0.39, 0.29) is 18.3 Å². The zero-order chi connectivity index (χ0) is 15.0. The Morgan fingerprint density at radius 1 is 1.30 bits per heavy atom. The van der Waals surface area contributed by atoms with Gasteiger partial charge in [-0.1, -0.05) is 32.0 Å². The highest BCUT2D eigenvalue weighted by atomic mass is 19.1. The highest BCUT2D eigenvalue weighted by molar-refractivity contribution is 5.75. The topological polar surface area (TPSA) is 55.1 Å². The summed E-state index contributed by atoms with van der Waals surface area (Å²) in [5.41, 5.74) is 6.10. The molecule has 4 heteroatoms. The fourth-order valence-electron chi connectivity index (χ4n) is 2.27. The number of hydrogen-bond acceptors (Lipinski definition) is 2. The predicted octanol–water partition coefficient (Wildman–Crippen LogP) is 2.84. The largest absolute Gasteiger partial charge is 0.352 e. The first-order valence-electron chi connectivity index (χ1n) is 7.24. The number of amides is 1. The second-order valence-electron chi connectivity index (χ2n) is 5.49. The molecule has 1 aromatic rings. The Hall–Kier alpha value is -1.42. The third kappa shape index (κ3) is 5.70. The standard InChI is InChI=1S/C16H25FN2O/c1-12(2)13(9-10-18)7-8-16(20)19-11-14-5-3-4-6-15(14)17/h3-6,12-13H,7-11,18H2,1-2H3,(H,19,20). The Bertz CT molecular complexity index is 421. The number of nitrogens with two attached hydrogens (primary N) is 1. The molecule has 3 N–H and O–H groups in total. The van der Waals surface area contributed by atoms with Gasteiger partial charge < -0.3 is 11.1 Å². The van der Waals surface area contributed by atoms with E-state index in [1.165, 1.54) is 6.07 Å². The Morgan fingerprint density at radius 2 is 2.00 bits per heavy atom.